The third-order valence-electron chi connectivity index (χ3n) is 3.41. The van der Waals surface area contributed by atoms with E-state index in [1.165, 1.54) is 12.1 Å². The molecule has 1 aromatic carbocycles. The van der Waals surface area contributed by atoms with Gasteiger partial charge < -0.3 is 15.7 Å². The Kier molecular flexibility index (Phi) is 5.37. The fourth-order valence-electron chi connectivity index (χ4n) is 2.35. The number of amides is 2. The van der Waals surface area contributed by atoms with Crippen molar-refractivity contribution in [3.05, 3.63) is 34.1 Å². The normalized spacial score (nSPS) is 22.4. The smallest absolute Gasteiger partial charge is 0.315 e. The number of rotatable bonds is 3. The molecule has 0 aliphatic heterocycles. The van der Waals surface area contributed by atoms with Crippen LogP contribution in [0.4, 0.5) is 9.18 Å². The maximum absolute atomic E-state index is 13.2. The first-order valence-corrected chi connectivity index (χ1v) is 7.49. The molecule has 0 heterocycles. The highest BCUT2D eigenvalue weighted by Crippen LogP contribution is 2.18. The van der Waals surface area contributed by atoms with Gasteiger partial charge >= 0.3 is 6.03 Å². The van der Waals surface area contributed by atoms with E-state index in [9.17, 15) is 14.3 Å². The van der Waals surface area contributed by atoms with E-state index in [1.54, 1.807) is 6.07 Å². The van der Waals surface area contributed by atoms with Crippen LogP contribution in [0.25, 0.3) is 0 Å². The minimum absolute atomic E-state index is 0.109. The zero-order valence-corrected chi connectivity index (χ0v) is 12.6. The highest BCUT2D eigenvalue weighted by atomic mass is 79.9. The fourth-order valence-corrected chi connectivity index (χ4v) is 2.86. The Morgan fingerprint density at radius 1 is 1.30 bits per heavy atom. The van der Waals surface area contributed by atoms with Crippen molar-refractivity contribution in [2.75, 3.05) is 0 Å². The molecule has 3 N–H and O–H groups in total. The van der Waals surface area contributed by atoms with Gasteiger partial charge in [-0.15, -0.1) is 0 Å². The van der Waals surface area contributed by atoms with Crippen LogP contribution in [0.5, 0.6) is 0 Å². The molecule has 110 valence electrons. The Morgan fingerprint density at radius 3 is 2.65 bits per heavy atom. The molecule has 0 radical (unpaired) electrons. The summed E-state index contributed by atoms with van der Waals surface area (Å²) in [6.07, 6.45) is 2.80. The minimum atomic E-state index is -0.335. The summed E-state index contributed by atoms with van der Waals surface area (Å²) in [5.74, 6) is -0.335. The van der Waals surface area contributed by atoms with Gasteiger partial charge in [0.2, 0.25) is 0 Å². The van der Waals surface area contributed by atoms with Crippen LogP contribution >= 0.6 is 15.9 Å². The number of carbonyl (C=O) groups excluding carboxylic acids is 1. The summed E-state index contributed by atoms with van der Waals surface area (Å²) in [4.78, 5) is 11.7. The van der Waals surface area contributed by atoms with E-state index in [0.717, 1.165) is 25.7 Å². The molecule has 20 heavy (non-hydrogen) atoms. The molecule has 1 aliphatic carbocycles. The van der Waals surface area contributed by atoms with E-state index in [-0.39, 0.29) is 30.5 Å². The molecule has 0 saturated heterocycles. The van der Waals surface area contributed by atoms with Crippen molar-refractivity contribution in [3.8, 4) is 0 Å². The molecule has 2 amide bonds. The molecule has 4 nitrogen and oxygen atoms in total. The van der Waals surface area contributed by atoms with E-state index >= 15 is 0 Å². The Balaban J connectivity index is 1.77. The van der Waals surface area contributed by atoms with E-state index in [0.29, 0.717) is 10.0 Å². The fraction of sp³-hybridized carbons (Fsp3) is 0.500. The summed E-state index contributed by atoms with van der Waals surface area (Å²) >= 11 is 3.21. The summed E-state index contributed by atoms with van der Waals surface area (Å²) in [5, 5.41) is 15.0. The van der Waals surface area contributed by atoms with Crippen molar-refractivity contribution < 1.29 is 14.3 Å². The van der Waals surface area contributed by atoms with Crippen molar-refractivity contribution >= 4 is 22.0 Å². The largest absolute Gasteiger partial charge is 0.393 e. The average Bonchev–Trinajstić information content (AvgIpc) is 2.38. The average molecular weight is 345 g/mol. The molecule has 6 heteroatoms. The first kappa shape index (κ1) is 15.3. The molecule has 0 aromatic heterocycles. The molecule has 1 fully saturated rings. The van der Waals surface area contributed by atoms with Crippen LogP contribution in [0.15, 0.2) is 22.7 Å². The van der Waals surface area contributed by atoms with Gasteiger partial charge in [-0.05, 0) is 49.4 Å². The lowest BCUT2D eigenvalue weighted by Crippen LogP contribution is -2.43. The summed E-state index contributed by atoms with van der Waals surface area (Å²) in [6, 6.07) is 4.38. The number of benzene rings is 1. The predicted octanol–water partition coefficient (Wildman–Crippen LogP) is 2.69. The number of hydrogen-bond donors (Lipinski definition) is 3. The second kappa shape index (κ2) is 7.04. The highest BCUT2D eigenvalue weighted by Gasteiger charge is 2.20. The van der Waals surface area contributed by atoms with Gasteiger partial charge in [0.15, 0.2) is 0 Å². The van der Waals surface area contributed by atoms with Crippen LogP contribution in [-0.2, 0) is 6.54 Å². The van der Waals surface area contributed by atoms with Gasteiger partial charge in [0, 0.05) is 17.1 Å². The van der Waals surface area contributed by atoms with Crippen LogP contribution < -0.4 is 10.6 Å². The van der Waals surface area contributed by atoms with Crippen molar-refractivity contribution in [1.82, 2.24) is 10.6 Å². The van der Waals surface area contributed by atoms with E-state index < -0.39 is 0 Å². The zero-order valence-electron chi connectivity index (χ0n) is 11.0. The molecule has 0 bridgehead atoms. The van der Waals surface area contributed by atoms with Crippen LogP contribution in [0, 0.1) is 5.82 Å². The lowest BCUT2D eigenvalue weighted by atomic mass is 9.93. The van der Waals surface area contributed by atoms with E-state index in [4.69, 9.17) is 0 Å². The molecule has 2 rings (SSSR count). The Bertz CT molecular complexity index is 456. The zero-order chi connectivity index (χ0) is 14.5. The van der Waals surface area contributed by atoms with Crippen LogP contribution in [0.1, 0.15) is 31.2 Å². The number of hydrogen-bond acceptors (Lipinski definition) is 2. The van der Waals surface area contributed by atoms with Gasteiger partial charge in [0.05, 0.1) is 6.10 Å². The number of nitrogens with one attached hydrogen (secondary N) is 2. The molecular weight excluding hydrogens is 327 g/mol. The third kappa shape index (κ3) is 4.76. The number of urea groups is 1. The van der Waals surface area contributed by atoms with Gasteiger partial charge in [0.1, 0.15) is 5.82 Å². The molecule has 1 aromatic rings. The van der Waals surface area contributed by atoms with Crippen molar-refractivity contribution in [3.63, 3.8) is 0 Å². The molecule has 0 spiro atoms. The second-order valence-corrected chi connectivity index (χ2v) is 6.03. The van der Waals surface area contributed by atoms with E-state index in [2.05, 4.69) is 26.6 Å². The Labute approximate surface area is 125 Å². The molecule has 1 aliphatic rings. The molecular formula is C14H18BrFN2O2. The van der Waals surface area contributed by atoms with Gasteiger partial charge in [-0.1, -0.05) is 15.9 Å². The summed E-state index contributed by atoms with van der Waals surface area (Å²) < 4.78 is 13.8. The second-order valence-electron chi connectivity index (χ2n) is 5.11. The third-order valence-corrected chi connectivity index (χ3v) is 3.87. The summed E-state index contributed by atoms with van der Waals surface area (Å²) in [7, 11) is 0. The minimum Gasteiger partial charge on any atom is -0.393 e. The van der Waals surface area contributed by atoms with Crippen molar-refractivity contribution in [1.29, 1.82) is 0 Å². The lowest BCUT2D eigenvalue weighted by Gasteiger charge is -2.26. The summed E-state index contributed by atoms with van der Waals surface area (Å²) in [6.45, 7) is 0.275. The number of carbonyl (C=O) groups is 1. The molecule has 1 saturated carbocycles. The number of halogens is 2. The lowest BCUT2D eigenvalue weighted by molar-refractivity contribution is 0.117. The SMILES string of the molecule is O=C(NCc1cc(F)cc(Br)c1)NC1CCC(O)CC1. The van der Waals surface area contributed by atoms with Crippen molar-refractivity contribution in [2.24, 2.45) is 0 Å². The van der Waals surface area contributed by atoms with Crippen LogP contribution in [0.2, 0.25) is 0 Å². The first-order chi connectivity index (χ1) is 9.52. The predicted molar refractivity (Wildman–Crippen MR) is 77.7 cm³/mol. The molecule has 0 atom stereocenters. The Morgan fingerprint density at radius 2 is 2.00 bits per heavy atom. The van der Waals surface area contributed by atoms with Crippen molar-refractivity contribution in [2.45, 2.75) is 44.4 Å². The van der Waals surface area contributed by atoms with Gasteiger partial charge in [-0.2, -0.15) is 0 Å². The standard InChI is InChI=1S/C14H18BrFN2O2/c15-10-5-9(6-11(16)7-10)8-17-14(20)18-12-1-3-13(19)4-2-12/h5-7,12-13,19H,1-4,8H2,(H2,17,18,20). The first-order valence-electron chi connectivity index (χ1n) is 6.70. The quantitative estimate of drug-likeness (QED) is 0.789. The van der Waals surface area contributed by atoms with Crippen LogP contribution in [-0.4, -0.2) is 23.3 Å². The van der Waals surface area contributed by atoms with Gasteiger partial charge in [0.25, 0.3) is 0 Å². The maximum atomic E-state index is 13.2. The monoisotopic (exact) mass is 344 g/mol. The number of aliphatic hydroxyl groups is 1. The molecule has 0 unspecified atom stereocenters. The number of aliphatic hydroxyl groups excluding tert-OH is 1. The van der Waals surface area contributed by atoms with E-state index in [1.807, 2.05) is 0 Å². The van der Waals surface area contributed by atoms with Crippen LogP contribution in [0.3, 0.4) is 0 Å². The Hall–Kier alpha value is -1.14. The topological polar surface area (TPSA) is 61.4 Å². The maximum Gasteiger partial charge on any atom is 0.315 e. The highest BCUT2D eigenvalue weighted by molar-refractivity contribution is 9.10. The summed E-state index contributed by atoms with van der Waals surface area (Å²) in [5.41, 5.74) is 0.700. The van der Waals surface area contributed by atoms with Gasteiger partial charge in [-0.25, -0.2) is 9.18 Å². The van der Waals surface area contributed by atoms with Gasteiger partial charge in [-0.3, -0.25) is 0 Å².